The van der Waals surface area contributed by atoms with Crippen molar-refractivity contribution in [3.63, 3.8) is 0 Å². The Balaban J connectivity index is 2.11. The Morgan fingerprint density at radius 2 is 1.85 bits per heavy atom. The summed E-state index contributed by atoms with van der Waals surface area (Å²) < 4.78 is 38.6. The molecule has 0 spiro atoms. The van der Waals surface area contributed by atoms with Gasteiger partial charge in [-0.2, -0.15) is 13.2 Å². The monoisotopic (exact) mass is 344 g/mol. The molecule has 0 aliphatic carbocycles. The van der Waals surface area contributed by atoms with E-state index >= 15 is 0 Å². The van der Waals surface area contributed by atoms with Crippen LogP contribution in [0.4, 0.5) is 24.5 Å². The Hall–Kier alpha value is -1.69. The van der Waals surface area contributed by atoms with Crippen LogP contribution < -0.4 is 11.1 Å². The van der Waals surface area contributed by atoms with Crippen molar-refractivity contribution in [2.45, 2.75) is 12.7 Å². The minimum Gasteiger partial charge on any atom is -0.399 e. The SMILES string of the molecule is Nc1ccc(NCc2cccc(C(F)(F)F)c2)c(Br)c1. The molecule has 2 nitrogen and oxygen atoms in total. The summed E-state index contributed by atoms with van der Waals surface area (Å²) >= 11 is 3.34. The Morgan fingerprint density at radius 3 is 2.50 bits per heavy atom. The van der Waals surface area contributed by atoms with E-state index in [9.17, 15) is 13.2 Å². The number of halogens is 4. The van der Waals surface area contributed by atoms with Crippen molar-refractivity contribution in [1.82, 2.24) is 0 Å². The minimum absolute atomic E-state index is 0.298. The van der Waals surface area contributed by atoms with Crippen LogP contribution in [-0.4, -0.2) is 0 Å². The number of hydrogen-bond donors (Lipinski definition) is 2. The van der Waals surface area contributed by atoms with E-state index in [-0.39, 0.29) is 0 Å². The second-order valence-electron chi connectivity index (χ2n) is 4.29. The summed E-state index contributed by atoms with van der Waals surface area (Å²) in [7, 11) is 0. The molecule has 0 unspecified atom stereocenters. The molecule has 0 amide bonds. The highest BCUT2D eigenvalue weighted by atomic mass is 79.9. The predicted octanol–water partition coefficient (Wildman–Crippen LogP) is 4.66. The summed E-state index contributed by atoms with van der Waals surface area (Å²) in [5.74, 6) is 0. The molecule has 0 radical (unpaired) electrons. The highest BCUT2D eigenvalue weighted by Gasteiger charge is 2.30. The molecule has 0 heterocycles. The molecule has 2 aromatic carbocycles. The van der Waals surface area contributed by atoms with Gasteiger partial charge in [0.15, 0.2) is 0 Å². The zero-order valence-corrected chi connectivity index (χ0v) is 11.9. The predicted molar refractivity (Wildman–Crippen MR) is 77.3 cm³/mol. The van der Waals surface area contributed by atoms with Gasteiger partial charge >= 0.3 is 6.18 Å². The molecule has 0 aliphatic heterocycles. The number of benzene rings is 2. The average molecular weight is 345 g/mol. The van der Waals surface area contributed by atoms with Crippen LogP contribution >= 0.6 is 15.9 Å². The molecule has 0 aromatic heterocycles. The molecule has 0 saturated carbocycles. The Morgan fingerprint density at radius 1 is 1.10 bits per heavy atom. The highest BCUT2D eigenvalue weighted by molar-refractivity contribution is 9.10. The standard InChI is InChI=1S/C14H12BrF3N2/c15-12-7-11(19)4-5-13(12)20-8-9-2-1-3-10(6-9)14(16,17)18/h1-7,20H,8,19H2. The molecule has 6 heteroatoms. The Bertz CT molecular complexity index is 612. The number of nitrogen functional groups attached to an aromatic ring is 1. The van der Waals surface area contributed by atoms with E-state index in [1.807, 2.05) is 0 Å². The van der Waals surface area contributed by atoms with Crippen molar-refractivity contribution < 1.29 is 13.2 Å². The van der Waals surface area contributed by atoms with Crippen molar-refractivity contribution in [1.29, 1.82) is 0 Å². The van der Waals surface area contributed by atoms with Crippen LogP contribution in [0.15, 0.2) is 46.9 Å². The lowest BCUT2D eigenvalue weighted by molar-refractivity contribution is -0.137. The fraction of sp³-hybridized carbons (Fsp3) is 0.143. The molecule has 0 atom stereocenters. The zero-order valence-electron chi connectivity index (χ0n) is 10.3. The second kappa shape index (κ2) is 5.75. The van der Waals surface area contributed by atoms with E-state index in [2.05, 4.69) is 21.2 Å². The zero-order chi connectivity index (χ0) is 14.8. The first-order valence-corrected chi connectivity index (χ1v) is 6.60. The summed E-state index contributed by atoms with van der Waals surface area (Å²) in [6, 6.07) is 10.5. The van der Waals surface area contributed by atoms with Crippen molar-refractivity contribution in [2.24, 2.45) is 0 Å². The molecule has 0 fully saturated rings. The topological polar surface area (TPSA) is 38.0 Å². The van der Waals surface area contributed by atoms with E-state index in [1.54, 1.807) is 24.3 Å². The lowest BCUT2D eigenvalue weighted by atomic mass is 10.1. The van der Waals surface area contributed by atoms with Gasteiger partial charge in [-0.3, -0.25) is 0 Å². The summed E-state index contributed by atoms with van der Waals surface area (Å²) in [5.41, 5.74) is 6.92. The van der Waals surface area contributed by atoms with E-state index in [4.69, 9.17) is 5.73 Å². The molecule has 3 N–H and O–H groups in total. The maximum absolute atomic E-state index is 12.6. The fourth-order valence-electron chi connectivity index (χ4n) is 1.73. The van der Waals surface area contributed by atoms with Crippen molar-refractivity contribution in [3.8, 4) is 0 Å². The van der Waals surface area contributed by atoms with Gasteiger partial charge in [0.05, 0.1) is 5.56 Å². The van der Waals surface area contributed by atoms with Crippen LogP contribution in [0.2, 0.25) is 0 Å². The third kappa shape index (κ3) is 3.66. The Labute approximate surface area is 122 Å². The number of anilines is 2. The van der Waals surface area contributed by atoms with Crippen LogP contribution in [0.3, 0.4) is 0 Å². The van der Waals surface area contributed by atoms with Gasteiger partial charge in [0.2, 0.25) is 0 Å². The molecule has 0 saturated heterocycles. The van der Waals surface area contributed by atoms with E-state index in [0.29, 0.717) is 17.8 Å². The minimum atomic E-state index is -4.32. The van der Waals surface area contributed by atoms with Crippen molar-refractivity contribution in [3.05, 3.63) is 58.1 Å². The van der Waals surface area contributed by atoms with Gasteiger partial charge in [-0.05, 0) is 51.8 Å². The molecule has 2 rings (SSSR count). The third-order valence-electron chi connectivity index (χ3n) is 2.73. The number of hydrogen-bond acceptors (Lipinski definition) is 2. The summed E-state index contributed by atoms with van der Waals surface area (Å²) in [6.07, 6.45) is -4.32. The van der Waals surface area contributed by atoms with Crippen LogP contribution in [0.1, 0.15) is 11.1 Å². The van der Waals surface area contributed by atoms with Crippen LogP contribution in [0, 0.1) is 0 Å². The van der Waals surface area contributed by atoms with Gasteiger partial charge < -0.3 is 11.1 Å². The first kappa shape index (κ1) is 14.7. The number of nitrogens with two attached hydrogens (primary N) is 1. The molecule has 106 valence electrons. The average Bonchev–Trinajstić information content (AvgIpc) is 2.37. The second-order valence-corrected chi connectivity index (χ2v) is 5.15. The molecule has 0 bridgehead atoms. The Kier molecular flexibility index (Phi) is 4.23. The highest BCUT2D eigenvalue weighted by Crippen LogP contribution is 2.30. The van der Waals surface area contributed by atoms with E-state index < -0.39 is 11.7 Å². The first-order chi connectivity index (χ1) is 9.36. The van der Waals surface area contributed by atoms with Crippen LogP contribution in [0.25, 0.3) is 0 Å². The van der Waals surface area contributed by atoms with Crippen LogP contribution in [-0.2, 0) is 12.7 Å². The smallest absolute Gasteiger partial charge is 0.399 e. The summed E-state index contributed by atoms with van der Waals surface area (Å²) in [5, 5.41) is 3.07. The lowest BCUT2D eigenvalue weighted by Gasteiger charge is -2.11. The molecule has 2 aromatic rings. The van der Waals surface area contributed by atoms with Gasteiger partial charge in [-0.1, -0.05) is 12.1 Å². The van der Waals surface area contributed by atoms with E-state index in [0.717, 1.165) is 22.3 Å². The third-order valence-corrected chi connectivity index (χ3v) is 3.39. The quantitative estimate of drug-likeness (QED) is 0.794. The first-order valence-electron chi connectivity index (χ1n) is 5.81. The van der Waals surface area contributed by atoms with Crippen LogP contribution in [0.5, 0.6) is 0 Å². The number of rotatable bonds is 3. The summed E-state index contributed by atoms with van der Waals surface area (Å²) in [6.45, 7) is 0.298. The largest absolute Gasteiger partial charge is 0.416 e. The number of nitrogens with one attached hydrogen (secondary N) is 1. The lowest BCUT2D eigenvalue weighted by Crippen LogP contribution is -2.07. The van der Waals surface area contributed by atoms with Gasteiger partial charge in [-0.15, -0.1) is 0 Å². The summed E-state index contributed by atoms with van der Waals surface area (Å²) in [4.78, 5) is 0. The van der Waals surface area contributed by atoms with E-state index in [1.165, 1.54) is 6.07 Å². The molecule has 20 heavy (non-hydrogen) atoms. The van der Waals surface area contributed by atoms with Gasteiger partial charge in [-0.25, -0.2) is 0 Å². The van der Waals surface area contributed by atoms with Crippen molar-refractivity contribution >= 4 is 27.3 Å². The normalized spacial score (nSPS) is 11.4. The van der Waals surface area contributed by atoms with Crippen molar-refractivity contribution in [2.75, 3.05) is 11.1 Å². The van der Waals surface area contributed by atoms with Gasteiger partial charge in [0.25, 0.3) is 0 Å². The van der Waals surface area contributed by atoms with Gasteiger partial charge in [0.1, 0.15) is 0 Å². The maximum Gasteiger partial charge on any atom is 0.416 e. The number of alkyl halides is 3. The maximum atomic E-state index is 12.6. The fourth-order valence-corrected chi connectivity index (χ4v) is 2.27. The molecular formula is C14H12BrF3N2. The molecule has 0 aliphatic rings. The molecular weight excluding hydrogens is 333 g/mol. The van der Waals surface area contributed by atoms with Gasteiger partial charge in [0, 0.05) is 22.4 Å².